The molecule has 0 N–H and O–H groups in total. The van der Waals surface area contributed by atoms with E-state index in [1.807, 2.05) is 11.4 Å². The summed E-state index contributed by atoms with van der Waals surface area (Å²) in [7, 11) is -3.91. The van der Waals surface area contributed by atoms with Crippen molar-refractivity contribution in [3.05, 3.63) is 40.7 Å². The van der Waals surface area contributed by atoms with E-state index in [0.717, 1.165) is 35.5 Å². The van der Waals surface area contributed by atoms with Crippen molar-refractivity contribution in [2.24, 2.45) is 5.92 Å². The Balaban J connectivity index is 1.74. The number of aromatic nitrogens is 4. The molecule has 5 rings (SSSR count). The molecule has 0 spiro atoms. The first kappa shape index (κ1) is 18.8. The van der Waals surface area contributed by atoms with Gasteiger partial charge >= 0.3 is 0 Å². The quantitative estimate of drug-likeness (QED) is 0.471. The van der Waals surface area contributed by atoms with Gasteiger partial charge in [-0.2, -0.15) is 4.52 Å². The van der Waals surface area contributed by atoms with Gasteiger partial charge in [-0.15, -0.1) is 16.4 Å². The maximum atomic E-state index is 13.2. The van der Waals surface area contributed by atoms with Crippen molar-refractivity contribution in [2.75, 3.05) is 18.0 Å². The summed E-state index contributed by atoms with van der Waals surface area (Å²) in [5, 5.41) is 10.3. The highest BCUT2D eigenvalue weighted by Crippen LogP contribution is 2.35. The fourth-order valence-corrected chi connectivity index (χ4v) is 6.25. The Morgan fingerprint density at radius 2 is 2.14 bits per heavy atom. The van der Waals surface area contributed by atoms with Crippen molar-refractivity contribution in [3.63, 3.8) is 0 Å². The van der Waals surface area contributed by atoms with Crippen LogP contribution in [0, 0.1) is 5.92 Å². The van der Waals surface area contributed by atoms with Gasteiger partial charge in [0.1, 0.15) is 0 Å². The summed E-state index contributed by atoms with van der Waals surface area (Å²) in [6, 6.07) is 8.08. The molecule has 7 nitrogen and oxygen atoms in total. The van der Waals surface area contributed by atoms with Crippen LogP contribution in [0.25, 0.3) is 15.9 Å². The summed E-state index contributed by atoms with van der Waals surface area (Å²) >= 11 is 7.59. The average molecular weight is 448 g/mol. The fraction of sp³-hybridized carbons (Fsp3) is 0.316. The standard InChI is InChI=1S/C19H18ClN5O2S2/c1-12-4-3-8-24(11-12)17-16-15(7-9-28-16)25-18(21-17)19(22-23-25)29(26,27)14-6-2-5-13(20)10-14/h2,5-7,9-10,12H,3-4,8,11H2,1H3/t12-/m1/s1. The van der Waals surface area contributed by atoms with E-state index in [9.17, 15) is 8.42 Å². The molecule has 0 radical (unpaired) electrons. The Labute approximate surface area is 176 Å². The second kappa shape index (κ2) is 6.93. The summed E-state index contributed by atoms with van der Waals surface area (Å²) in [4.78, 5) is 7.09. The Morgan fingerprint density at radius 1 is 1.28 bits per heavy atom. The van der Waals surface area contributed by atoms with E-state index in [1.165, 1.54) is 23.1 Å². The number of hydrogen-bond acceptors (Lipinski definition) is 7. The molecule has 1 aromatic carbocycles. The van der Waals surface area contributed by atoms with Gasteiger partial charge in [-0.1, -0.05) is 29.8 Å². The van der Waals surface area contributed by atoms with Crippen LogP contribution in [-0.4, -0.2) is 41.3 Å². The van der Waals surface area contributed by atoms with E-state index in [4.69, 9.17) is 16.6 Å². The minimum atomic E-state index is -3.91. The van der Waals surface area contributed by atoms with Gasteiger partial charge in [0.15, 0.2) is 11.5 Å². The lowest BCUT2D eigenvalue weighted by molar-refractivity contribution is 0.445. The monoisotopic (exact) mass is 447 g/mol. The largest absolute Gasteiger partial charge is 0.355 e. The zero-order chi connectivity index (χ0) is 20.2. The fourth-order valence-electron chi connectivity index (χ4n) is 3.82. The normalized spacial score (nSPS) is 18.0. The number of sulfone groups is 1. The number of fused-ring (bicyclic) bond motifs is 3. The summed E-state index contributed by atoms with van der Waals surface area (Å²) in [6.45, 7) is 4.03. The Bertz CT molecular complexity index is 1330. The number of thiophene rings is 1. The predicted octanol–water partition coefficient (Wildman–Crippen LogP) is 4.06. The van der Waals surface area contributed by atoms with Crippen LogP contribution < -0.4 is 4.90 Å². The first-order valence-electron chi connectivity index (χ1n) is 9.33. The van der Waals surface area contributed by atoms with Gasteiger partial charge in [0.05, 0.1) is 15.1 Å². The highest BCUT2D eigenvalue weighted by atomic mass is 35.5. The van der Waals surface area contributed by atoms with Crippen LogP contribution >= 0.6 is 22.9 Å². The second-order valence-electron chi connectivity index (χ2n) is 7.35. The van der Waals surface area contributed by atoms with Crippen molar-refractivity contribution in [1.82, 2.24) is 19.8 Å². The lowest BCUT2D eigenvalue weighted by Gasteiger charge is -2.32. The number of halogens is 1. The second-order valence-corrected chi connectivity index (χ2v) is 10.6. The zero-order valence-corrected chi connectivity index (χ0v) is 18.0. The van der Waals surface area contributed by atoms with E-state index >= 15 is 0 Å². The van der Waals surface area contributed by atoms with Crippen LogP contribution in [0.2, 0.25) is 5.02 Å². The molecule has 3 aromatic heterocycles. The molecule has 1 aliphatic rings. The SMILES string of the molecule is C[C@@H]1CCCN(c2nc3c(S(=O)(=O)c4cccc(Cl)c4)nnn3c3ccsc23)C1. The predicted molar refractivity (Wildman–Crippen MR) is 114 cm³/mol. The molecule has 0 unspecified atom stereocenters. The van der Waals surface area contributed by atoms with E-state index in [2.05, 4.69) is 22.1 Å². The van der Waals surface area contributed by atoms with Gasteiger partial charge in [-0.25, -0.2) is 13.4 Å². The van der Waals surface area contributed by atoms with Crippen LogP contribution in [0.4, 0.5) is 5.82 Å². The van der Waals surface area contributed by atoms with E-state index < -0.39 is 9.84 Å². The zero-order valence-electron chi connectivity index (χ0n) is 15.6. The molecular formula is C19H18ClN5O2S2. The molecule has 0 bridgehead atoms. The van der Waals surface area contributed by atoms with Gasteiger partial charge < -0.3 is 4.90 Å². The molecule has 1 saturated heterocycles. The molecule has 4 aromatic rings. The van der Waals surface area contributed by atoms with Gasteiger partial charge in [-0.3, -0.25) is 0 Å². The number of anilines is 1. The lowest BCUT2D eigenvalue weighted by Crippen LogP contribution is -2.35. The molecule has 1 fully saturated rings. The van der Waals surface area contributed by atoms with Crippen LogP contribution in [0.5, 0.6) is 0 Å². The molecule has 4 heterocycles. The molecule has 1 atom stereocenters. The molecule has 0 amide bonds. The highest BCUT2D eigenvalue weighted by Gasteiger charge is 2.29. The third-order valence-electron chi connectivity index (χ3n) is 5.22. The molecule has 0 saturated carbocycles. The Hall–Kier alpha value is -2.23. The van der Waals surface area contributed by atoms with Gasteiger partial charge in [-0.05, 0) is 48.4 Å². The van der Waals surface area contributed by atoms with Gasteiger partial charge in [0.25, 0.3) is 0 Å². The maximum absolute atomic E-state index is 13.2. The van der Waals surface area contributed by atoms with Gasteiger partial charge in [0.2, 0.25) is 14.9 Å². The van der Waals surface area contributed by atoms with E-state index in [-0.39, 0.29) is 15.6 Å². The molecule has 10 heteroatoms. The van der Waals surface area contributed by atoms with Crippen LogP contribution in [0.3, 0.4) is 0 Å². The van der Waals surface area contributed by atoms with Crippen LogP contribution in [-0.2, 0) is 9.84 Å². The first-order chi connectivity index (χ1) is 13.9. The minimum Gasteiger partial charge on any atom is -0.355 e. The summed E-state index contributed by atoms with van der Waals surface area (Å²) < 4.78 is 29.0. The third kappa shape index (κ3) is 3.08. The van der Waals surface area contributed by atoms with Crippen molar-refractivity contribution in [1.29, 1.82) is 0 Å². The van der Waals surface area contributed by atoms with Crippen LogP contribution in [0.15, 0.2) is 45.6 Å². The molecule has 150 valence electrons. The van der Waals surface area contributed by atoms with Crippen molar-refractivity contribution in [3.8, 4) is 0 Å². The minimum absolute atomic E-state index is 0.0766. The smallest absolute Gasteiger partial charge is 0.229 e. The number of piperidine rings is 1. The van der Waals surface area contributed by atoms with E-state index in [0.29, 0.717) is 10.9 Å². The number of rotatable bonds is 3. The summed E-state index contributed by atoms with van der Waals surface area (Å²) in [6.07, 6.45) is 2.28. The highest BCUT2D eigenvalue weighted by molar-refractivity contribution is 7.91. The average Bonchev–Trinajstić information content (AvgIpc) is 3.34. The Kier molecular flexibility index (Phi) is 4.49. The third-order valence-corrected chi connectivity index (χ3v) is 8.00. The van der Waals surface area contributed by atoms with Gasteiger partial charge in [0, 0.05) is 18.1 Å². The first-order valence-corrected chi connectivity index (χ1v) is 12.1. The maximum Gasteiger partial charge on any atom is 0.229 e. The topological polar surface area (TPSA) is 80.5 Å². The van der Waals surface area contributed by atoms with Crippen molar-refractivity contribution in [2.45, 2.75) is 29.7 Å². The molecular weight excluding hydrogens is 430 g/mol. The number of hydrogen-bond donors (Lipinski definition) is 0. The van der Waals surface area contributed by atoms with Crippen LogP contribution in [0.1, 0.15) is 19.8 Å². The molecule has 29 heavy (non-hydrogen) atoms. The summed E-state index contributed by atoms with van der Waals surface area (Å²) in [5.41, 5.74) is 1.05. The van der Waals surface area contributed by atoms with Crippen molar-refractivity contribution < 1.29 is 8.42 Å². The van der Waals surface area contributed by atoms with Crippen molar-refractivity contribution >= 4 is 54.5 Å². The molecule has 0 aliphatic carbocycles. The lowest BCUT2D eigenvalue weighted by atomic mass is 10.0. The van der Waals surface area contributed by atoms with E-state index in [1.54, 1.807) is 23.5 Å². The number of nitrogens with zero attached hydrogens (tertiary/aromatic N) is 5. The Morgan fingerprint density at radius 3 is 2.93 bits per heavy atom. The molecule has 1 aliphatic heterocycles. The summed E-state index contributed by atoms with van der Waals surface area (Å²) in [5.74, 6) is 1.37. The number of benzene rings is 1.